The van der Waals surface area contributed by atoms with Crippen molar-refractivity contribution < 1.29 is 19.0 Å². The molecule has 6 nitrogen and oxygen atoms in total. The molecule has 0 aliphatic heterocycles. The third kappa shape index (κ3) is 7.48. The minimum Gasteiger partial charge on any atom is -0.493 e. The Morgan fingerprint density at radius 1 is 0.868 bits per heavy atom. The van der Waals surface area contributed by atoms with E-state index >= 15 is 0 Å². The van der Waals surface area contributed by atoms with Gasteiger partial charge in [0.05, 0.1) is 7.11 Å². The molecule has 0 aliphatic carbocycles. The zero-order chi connectivity index (χ0) is 26.7. The Labute approximate surface area is 230 Å². The largest absolute Gasteiger partial charge is 0.493 e. The number of nitrogens with zero attached hydrogens (tertiary/aromatic N) is 1. The Morgan fingerprint density at radius 2 is 1.55 bits per heavy atom. The summed E-state index contributed by atoms with van der Waals surface area (Å²) in [5.74, 6) is 1.23. The molecule has 0 saturated heterocycles. The fourth-order valence-corrected chi connectivity index (χ4v) is 3.79. The number of rotatable bonds is 10. The maximum absolute atomic E-state index is 12.8. The molecule has 1 N–H and O–H groups in total. The molecule has 4 rings (SSSR count). The van der Waals surface area contributed by atoms with Crippen molar-refractivity contribution in [3.63, 3.8) is 0 Å². The van der Waals surface area contributed by atoms with Gasteiger partial charge in [0.25, 0.3) is 5.91 Å². The molecule has 0 spiro atoms. The van der Waals surface area contributed by atoms with Gasteiger partial charge in [-0.1, -0.05) is 64.5 Å². The number of carbonyl (C=O) groups is 1. The van der Waals surface area contributed by atoms with Gasteiger partial charge in [-0.2, -0.15) is 5.26 Å². The van der Waals surface area contributed by atoms with E-state index in [0.717, 1.165) is 15.6 Å². The SMILES string of the molecule is COc1cc(/C=C(\C#N)C(=O)Nc2ccc(OCc3ccc(Br)cc3)cc2)ccc1OCc1ccccc1. The summed E-state index contributed by atoms with van der Waals surface area (Å²) in [7, 11) is 1.54. The van der Waals surface area contributed by atoms with Crippen LogP contribution in [0.15, 0.2) is 107 Å². The van der Waals surface area contributed by atoms with Crippen LogP contribution in [0.2, 0.25) is 0 Å². The molecule has 0 saturated carbocycles. The zero-order valence-corrected chi connectivity index (χ0v) is 22.3. The Balaban J connectivity index is 1.37. The number of nitrogens with one attached hydrogen (secondary N) is 1. The molecule has 0 heterocycles. The lowest BCUT2D eigenvalue weighted by Crippen LogP contribution is -2.13. The monoisotopic (exact) mass is 568 g/mol. The Kier molecular flexibility index (Phi) is 9.17. The number of ether oxygens (including phenoxy) is 3. The molecule has 0 bridgehead atoms. The summed E-state index contributed by atoms with van der Waals surface area (Å²) in [6, 6.07) is 31.9. The maximum Gasteiger partial charge on any atom is 0.266 e. The smallest absolute Gasteiger partial charge is 0.266 e. The number of hydrogen-bond donors (Lipinski definition) is 1. The lowest BCUT2D eigenvalue weighted by Gasteiger charge is -2.12. The van der Waals surface area contributed by atoms with Gasteiger partial charge in [0.15, 0.2) is 11.5 Å². The highest BCUT2D eigenvalue weighted by molar-refractivity contribution is 9.10. The first-order chi connectivity index (χ1) is 18.5. The van der Waals surface area contributed by atoms with Crippen molar-refractivity contribution in [2.24, 2.45) is 0 Å². The second-order valence-corrected chi connectivity index (χ2v) is 9.16. The molecule has 0 aromatic heterocycles. The molecule has 0 atom stereocenters. The standard InChI is InChI=1S/C31H25BrN2O4/c1-36-30-18-24(9-16-29(30)38-21-22-5-3-2-4-6-22)17-25(19-33)31(35)34-27-12-14-28(15-13-27)37-20-23-7-10-26(32)11-8-23/h2-18H,20-21H2,1H3,(H,34,35)/b25-17+. The van der Waals surface area contributed by atoms with E-state index in [2.05, 4.69) is 21.2 Å². The van der Waals surface area contributed by atoms with Gasteiger partial charge in [-0.15, -0.1) is 0 Å². The minimum atomic E-state index is -0.514. The zero-order valence-electron chi connectivity index (χ0n) is 20.7. The Bertz CT molecular complexity index is 1440. The molecule has 0 fully saturated rings. The number of hydrogen-bond acceptors (Lipinski definition) is 5. The predicted octanol–water partition coefficient (Wildman–Crippen LogP) is 7.16. The van der Waals surface area contributed by atoms with E-state index in [-0.39, 0.29) is 5.57 Å². The van der Waals surface area contributed by atoms with Gasteiger partial charge in [-0.05, 0) is 71.3 Å². The van der Waals surface area contributed by atoms with E-state index in [1.807, 2.05) is 60.7 Å². The molecule has 0 aliphatic rings. The van der Waals surface area contributed by atoms with Crippen LogP contribution in [-0.4, -0.2) is 13.0 Å². The molecule has 1 amide bonds. The predicted molar refractivity (Wildman–Crippen MR) is 151 cm³/mol. The van der Waals surface area contributed by atoms with Crippen LogP contribution in [0.3, 0.4) is 0 Å². The summed E-state index contributed by atoms with van der Waals surface area (Å²) in [6.45, 7) is 0.826. The topological polar surface area (TPSA) is 80.6 Å². The number of nitriles is 1. The Hall–Kier alpha value is -4.54. The van der Waals surface area contributed by atoms with Crippen LogP contribution in [0.5, 0.6) is 17.2 Å². The minimum absolute atomic E-state index is 0.0411. The van der Waals surface area contributed by atoms with Crippen LogP contribution in [0.25, 0.3) is 6.08 Å². The molecule has 0 unspecified atom stereocenters. The van der Waals surface area contributed by atoms with Crippen molar-refractivity contribution >= 4 is 33.6 Å². The summed E-state index contributed by atoms with van der Waals surface area (Å²) in [5, 5.41) is 12.4. The van der Waals surface area contributed by atoms with Gasteiger partial charge >= 0.3 is 0 Å². The number of anilines is 1. The summed E-state index contributed by atoms with van der Waals surface area (Å²) >= 11 is 3.41. The van der Waals surface area contributed by atoms with Crippen LogP contribution in [-0.2, 0) is 18.0 Å². The molecule has 4 aromatic carbocycles. The molecule has 0 radical (unpaired) electrons. The van der Waals surface area contributed by atoms with E-state index in [9.17, 15) is 10.1 Å². The van der Waals surface area contributed by atoms with Crippen LogP contribution < -0.4 is 19.5 Å². The molecule has 7 heteroatoms. The highest BCUT2D eigenvalue weighted by atomic mass is 79.9. The Morgan fingerprint density at radius 3 is 2.24 bits per heavy atom. The van der Waals surface area contributed by atoms with Crippen molar-refractivity contribution in [2.45, 2.75) is 13.2 Å². The van der Waals surface area contributed by atoms with Crippen molar-refractivity contribution in [3.8, 4) is 23.3 Å². The molecular formula is C31H25BrN2O4. The van der Waals surface area contributed by atoms with Crippen molar-refractivity contribution in [3.05, 3.63) is 124 Å². The third-order valence-electron chi connectivity index (χ3n) is 5.53. The van der Waals surface area contributed by atoms with Gasteiger partial charge < -0.3 is 19.5 Å². The number of halogens is 1. The van der Waals surface area contributed by atoms with Crippen LogP contribution in [0, 0.1) is 11.3 Å². The first kappa shape index (κ1) is 26.5. The van der Waals surface area contributed by atoms with Gasteiger partial charge in [0.1, 0.15) is 30.6 Å². The normalized spacial score (nSPS) is 10.8. The van der Waals surface area contributed by atoms with Crippen LogP contribution >= 0.6 is 15.9 Å². The van der Waals surface area contributed by atoms with E-state index in [1.54, 1.807) is 49.6 Å². The molecule has 4 aromatic rings. The van der Waals surface area contributed by atoms with E-state index in [4.69, 9.17) is 14.2 Å². The average Bonchev–Trinajstić information content (AvgIpc) is 2.96. The highest BCUT2D eigenvalue weighted by Crippen LogP contribution is 2.30. The number of amides is 1. The summed E-state index contributed by atoms with van der Waals surface area (Å²) in [6.07, 6.45) is 1.51. The van der Waals surface area contributed by atoms with Gasteiger partial charge in [-0.3, -0.25) is 4.79 Å². The molecule has 38 heavy (non-hydrogen) atoms. The van der Waals surface area contributed by atoms with Crippen LogP contribution in [0.1, 0.15) is 16.7 Å². The number of benzene rings is 4. The maximum atomic E-state index is 12.8. The van der Waals surface area contributed by atoms with E-state index in [1.165, 1.54) is 6.08 Å². The average molecular weight is 569 g/mol. The second kappa shape index (κ2) is 13.1. The number of methoxy groups -OCH3 is 1. The quantitative estimate of drug-likeness (QED) is 0.162. The van der Waals surface area contributed by atoms with E-state index in [0.29, 0.717) is 41.7 Å². The van der Waals surface area contributed by atoms with Crippen molar-refractivity contribution in [1.29, 1.82) is 5.26 Å². The van der Waals surface area contributed by atoms with Gasteiger partial charge in [0.2, 0.25) is 0 Å². The lowest BCUT2D eigenvalue weighted by atomic mass is 10.1. The lowest BCUT2D eigenvalue weighted by molar-refractivity contribution is -0.112. The highest BCUT2D eigenvalue weighted by Gasteiger charge is 2.12. The third-order valence-corrected chi connectivity index (χ3v) is 6.06. The fourth-order valence-electron chi connectivity index (χ4n) is 3.52. The fraction of sp³-hybridized carbons (Fsp3) is 0.0968. The summed E-state index contributed by atoms with van der Waals surface area (Å²) < 4.78 is 18.1. The second-order valence-electron chi connectivity index (χ2n) is 8.25. The molecule has 190 valence electrons. The van der Waals surface area contributed by atoms with Crippen LogP contribution in [0.4, 0.5) is 5.69 Å². The number of carbonyl (C=O) groups excluding carboxylic acids is 1. The summed E-state index contributed by atoms with van der Waals surface area (Å²) in [5.41, 5.74) is 3.22. The first-order valence-electron chi connectivity index (χ1n) is 11.8. The summed E-state index contributed by atoms with van der Waals surface area (Å²) in [4.78, 5) is 12.8. The van der Waals surface area contributed by atoms with Crippen molar-refractivity contribution in [2.75, 3.05) is 12.4 Å². The van der Waals surface area contributed by atoms with Crippen molar-refractivity contribution in [1.82, 2.24) is 0 Å². The molecular weight excluding hydrogens is 544 g/mol. The first-order valence-corrected chi connectivity index (χ1v) is 12.6. The van der Waals surface area contributed by atoms with Gasteiger partial charge in [0, 0.05) is 10.2 Å². The van der Waals surface area contributed by atoms with E-state index < -0.39 is 5.91 Å². The van der Waals surface area contributed by atoms with Gasteiger partial charge in [-0.25, -0.2) is 0 Å².